The number of carbonyl (C=O) groups is 2. The van der Waals surface area contributed by atoms with Crippen LogP contribution in [-0.2, 0) is 16.1 Å². The summed E-state index contributed by atoms with van der Waals surface area (Å²) in [5.41, 5.74) is 0.155. The molecule has 3 heterocycles. The summed E-state index contributed by atoms with van der Waals surface area (Å²) in [6, 6.07) is 6.81. The Morgan fingerprint density at radius 2 is 2.08 bits per heavy atom. The number of rotatable bonds is 2. The van der Waals surface area contributed by atoms with Gasteiger partial charge in [-0.05, 0) is 31.2 Å². The van der Waals surface area contributed by atoms with E-state index in [0.717, 1.165) is 5.56 Å². The van der Waals surface area contributed by atoms with E-state index in [1.54, 1.807) is 12.1 Å². The quantitative estimate of drug-likeness (QED) is 0.779. The highest BCUT2D eigenvalue weighted by molar-refractivity contribution is 6.30. The molecule has 0 radical (unpaired) electrons. The Labute approximate surface area is 145 Å². The maximum atomic E-state index is 13.1. The van der Waals surface area contributed by atoms with Crippen molar-refractivity contribution in [1.29, 1.82) is 0 Å². The van der Waals surface area contributed by atoms with E-state index in [0.29, 0.717) is 31.1 Å². The van der Waals surface area contributed by atoms with Crippen LogP contribution in [-0.4, -0.2) is 76.0 Å². The molecule has 1 aromatic rings. The highest BCUT2D eigenvalue weighted by Crippen LogP contribution is 2.40. The van der Waals surface area contributed by atoms with Crippen LogP contribution in [0.4, 0.5) is 0 Å². The van der Waals surface area contributed by atoms with E-state index >= 15 is 0 Å². The Morgan fingerprint density at radius 3 is 2.75 bits per heavy atom. The summed E-state index contributed by atoms with van der Waals surface area (Å²) in [5, 5.41) is 10.6. The topological polar surface area (TPSA) is 64.1 Å². The fourth-order valence-electron chi connectivity index (χ4n) is 4.31. The molecule has 0 unspecified atom stereocenters. The van der Waals surface area contributed by atoms with Gasteiger partial charge in [0.15, 0.2) is 0 Å². The van der Waals surface area contributed by atoms with Crippen molar-refractivity contribution < 1.29 is 14.7 Å². The molecule has 7 heteroatoms. The fraction of sp³-hybridized carbons (Fsp3) is 0.529. The van der Waals surface area contributed by atoms with Crippen LogP contribution >= 0.6 is 11.6 Å². The molecule has 24 heavy (non-hydrogen) atoms. The highest BCUT2D eigenvalue weighted by atomic mass is 35.5. The van der Waals surface area contributed by atoms with Crippen molar-refractivity contribution in [3.05, 3.63) is 34.9 Å². The number of imide groups is 1. The van der Waals surface area contributed by atoms with E-state index in [2.05, 4.69) is 4.90 Å². The number of fused-ring (bicyclic) bond motifs is 2. The number of piperazine rings is 1. The van der Waals surface area contributed by atoms with E-state index in [4.69, 9.17) is 11.6 Å². The van der Waals surface area contributed by atoms with Gasteiger partial charge in [0.2, 0.25) is 5.91 Å². The molecular weight excluding hydrogens is 330 g/mol. The first kappa shape index (κ1) is 16.0. The second-order valence-corrected chi connectivity index (χ2v) is 7.56. The first-order valence-corrected chi connectivity index (χ1v) is 8.52. The predicted octanol–water partition coefficient (Wildman–Crippen LogP) is 0.328. The van der Waals surface area contributed by atoms with Gasteiger partial charge in [-0.1, -0.05) is 23.7 Å². The lowest BCUT2D eigenvalue weighted by Crippen LogP contribution is -2.80. The third-order valence-corrected chi connectivity index (χ3v) is 5.55. The summed E-state index contributed by atoms with van der Waals surface area (Å²) in [6.07, 6.45) is -0.162. The van der Waals surface area contributed by atoms with Gasteiger partial charge in [0.25, 0.3) is 5.91 Å². The predicted molar refractivity (Wildman–Crippen MR) is 88.4 cm³/mol. The molecule has 3 fully saturated rings. The van der Waals surface area contributed by atoms with Gasteiger partial charge in [0.1, 0.15) is 5.54 Å². The van der Waals surface area contributed by atoms with Gasteiger partial charge in [-0.2, -0.15) is 0 Å². The number of β-amino-alcohol motifs (C(OH)–C–C–N with tert-alkyl or cyclic N) is 1. The lowest BCUT2D eigenvalue weighted by Gasteiger charge is -2.57. The van der Waals surface area contributed by atoms with Crippen LogP contribution in [0.2, 0.25) is 5.02 Å². The SMILES string of the molecule is CN1CC2(C1)C(=O)N(Cc1cccc(Cl)c1)C(=O)[C@@H]1C[C@@H](O)CN12. The number of hydrogen-bond donors (Lipinski definition) is 1. The van der Waals surface area contributed by atoms with Crippen molar-refractivity contribution in [3.63, 3.8) is 0 Å². The lowest BCUT2D eigenvalue weighted by molar-refractivity contribution is -0.179. The molecule has 128 valence electrons. The van der Waals surface area contributed by atoms with Gasteiger partial charge < -0.3 is 10.0 Å². The first-order chi connectivity index (χ1) is 11.4. The Hall–Kier alpha value is -1.47. The molecule has 2 atom stereocenters. The number of aliphatic hydroxyl groups is 1. The molecule has 1 aromatic carbocycles. The lowest BCUT2D eigenvalue weighted by atomic mass is 9.83. The minimum absolute atomic E-state index is 0.157. The zero-order valence-corrected chi connectivity index (χ0v) is 14.2. The molecule has 6 nitrogen and oxygen atoms in total. The van der Waals surface area contributed by atoms with Gasteiger partial charge in [0, 0.05) is 24.7 Å². The Kier molecular flexibility index (Phi) is 3.69. The second-order valence-electron chi connectivity index (χ2n) is 7.12. The van der Waals surface area contributed by atoms with Crippen LogP contribution < -0.4 is 0 Å². The molecule has 0 bridgehead atoms. The number of hydrogen-bond acceptors (Lipinski definition) is 5. The molecule has 3 saturated heterocycles. The summed E-state index contributed by atoms with van der Waals surface area (Å²) in [7, 11) is 1.96. The Morgan fingerprint density at radius 1 is 1.33 bits per heavy atom. The summed E-state index contributed by atoms with van der Waals surface area (Å²) in [4.78, 5) is 31.4. The maximum Gasteiger partial charge on any atom is 0.252 e. The Balaban J connectivity index is 1.67. The maximum absolute atomic E-state index is 13.1. The number of halogens is 1. The van der Waals surface area contributed by atoms with Crippen molar-refractivity contribution in [2.45, 2.75) is 30.7 Å². The van der Waals surface area contributed by atoms with E-state index in [1.165, 1.54) is 4.90 Å². The molecule has 3 aliphatic heterocycles. The molecular formula is C17H20ClN3O3. The second kappa shape index (κ2) is 5.52. The average molecular weight is 350 g/mol. The zero-order chi connectivity index (χ0) is 17.1. The molecule has 1 spiro atoms. The van der Waals surface area contributed by atoms with E-state index in [9.17, 15) is 14.7 Å². The Bertz CT molecular complexity index is 704. The third-order valence-electron chi connectivity index (χ3n) is 5.32. The molecule has 4 rings (SSSR count). The molecule has 2 amide bonds. The largest absolute Gasteiger partial charge is 0.392 e. The van der Waals surface area contributed by atoms with Crippen molar-refractivity contribution in [2.75, 3.05) is 26.7 Å². The minimum Gasteiger partial charge on any atom is -0.392 e. The van der Waals surface area contributed by atoms with E-state index in [-0.39, 0.29) is 18.4 Å². The number of likely N-dealkylation sites (N-methyl/N-ethyl adjacent to an activating group) is 1. The molecule has 0 aliphatic carbocycles. The van der Waals surface area contributed by atoms with Crippen molar-refractivity contribution in [2.24, 2.45) is 0 Å². The summed E-state index contributed by atoms with van der Waals surface area (Å²) < 4.78 is 0. The van der Waals surface area contributed by atoms with Gasteiger partial charge in [-0.25, -0.2) is 0 Å². The highest BCUT2D eigenvalue weighted by Gasteiger charge is 2.63. The van der Waals surface area contributed by atoms with Crippen molar-refractivity contribution >= 4 is 23.4 Å². The summed E-state index contributed by atoms with van der Waals surface area (Å²) >= 11 is 6.02. The van der Waals surface area contributed by atoms with Gasteiger partial charge in [0.05, 0.1) is 18.7 Å². The first-order valence-electron chi connectivity index (χ1n) is 8.14. The van der Waals surface area contributed by atoms with Crippen LogP contribution in [0, 0.1) is 0 Å². The summed E-state index contributed by atoms with van der Waals surface area (Å²) in [6.45, 7) is 1.80. The number of benzene rings is 1. The standard InChI is InChI=1S/C17H20ClN3O3/c1-19-9-17(10-19)16(24)20(7-11-3-2-4-12(18)5-11)15(23)14-6-13(22)8-21(14)17/h2-5,13-14,22H,6-10H2,1H3/t13-,14+/m1/s1. The van der Waals surface area contributed by atoms with E-state index in [1.807, 2.05) is 24.1 Å². The van der Waals surface area contributed by atoms with Gasteiger partial charge >= 0.3 is 0 Å². The monoisotopic (exact) mass is 349 g/mol. The minimum atomic E-state index is -0.677. The smallest absolute Gasteiger partial charge is 0.252 e. The number of carbonyl (C=O) groups excluding carboxylic acids is 2. The van der Waals surface area contributed by atoms with Crippen molar-refractivity contribution in [1.82, 2.24) is 14.7 Å². The van der Waals surface area contributed by atoms with Crippen LogP contribution in [0.15, 0.2) is 24.3 Å². The molecule has 0 saturated carbocycles. The van der Waals surface area contributed by atoms with Crippen LogP contribution in [0.3, 0.4) is 0 Å². The number of amides is 2. The normalized spacial score (nSPS) is 29.9. The fourth-order valence-corrected chi connectivity index (χ4v) is 4.52. The van der Waals surface area contributed by atoms with Crippen LogP contribution in [0.5, 0.6) is 0 Å². The average Bonchev–Trinajstić information content (AvgIpc) is 2.89. The number of aliphatic hydroxyl groups excluding tert-OH is 1. The molecule has 1 N–H and O–H groups in total. The van der Waals surface area contributed by atoms with Gasteiger partial charge in [-0.3, -0.25) is 19.4 Å². The van der Waals surface area contributed by atoms with Crippen LogP contribution in [0.1, 0.15) is 12.0 Å². The van der Waals surface area contributed by atoms with Crippen LogP contribution in [0.25, 0.3) is 0 Å². The molecule has 3 aliphatic rings. The number of likely N-dealkylation sites (tertiary alicyclic amines) is 1. The molecule has 0 aromatic heterocycles. The number of nitrogens with zero attached hydrogens (tertiary/aromatic N) is 3. The third kappa shape index (κ3) is 2.29. The summed E-state index contributed by atoms with van der Waals surface area (Å²) in [5.74, 6) is -0.368. The van der Waals surface area contributed by atoms with Crippen molar-refractivity contribution in [3.8, 4) is 0 Å². The zero-order valence-electron chi connectivity index (χ0n) is 13.5. The van der Waals surface area contributed by atoms with E-state index < -0.39 is 17.7 Å². The van der Waals surface area contributed by atoms with Gasteiger partial charge in [-0.15, -0.1) is 0 Å².